The fourth-order valence-electron chi connectivity index (χ4n) is 5.03. The van der Waals surface area contributed by atoms with Gasteiger partial charge in [0.2, 0.25) is 10.0 Å². The van der Waals surface area contributed by atoms with Crippen molar-refractivity contribution < 1.29 is 27.9 Å². The Hall–Kier alpha value is -3.95. The van der Waals surface area contributed by atoms with Gasteiger partial charge in [0.25, 0.3) is 11.7 Å². The molecule has 3 aromatic rings. The first-order valence-electron chi connectivity index (χ1n) is 11.9. The van der Waals surface area contributed by atoms with Crippen molar-refractivity contribution in [2.24, 2.45) is 5.14 Å². The van der Waals surface area contributed by atoms with Gasteiger partial charge >= 0.3 is 0 Å². The minimum absolute atomic E-state index is 0.0403. The Morgan fingerprint density at radius 3 is 2.22 bits per heavy atom. The summed E-state index contributed by atoms with van der Waals surface area (Å²) in [6.45, 7) is 0. The summed E-state index contributed by atoms with van der Waals surface area (Å²) in [6.07, 6.45) is 4.04. The van der Waals surface area contributed by atoms with Gasteiger partial charge in [0.1, 0.15) is 11.5 Å². The van der Waals surface area contributed by atoms with Crippen LogP contribution in [-0.4, -0.2) is 32.3 Å². The third kappa shape index (κ3) is 4.52. The molecule has 8 nitrogen and oxygen atoms in total. The number of primary sulfonamides is 1. The maximum absolute atomic E-state index is 13.4. The van der Waals surface area contributed by atoms with Crippen molar-refractivity contribution in [3.63, 3.8) is 0 Å². The summed E-state index contributed by atoms with van der Waals surface area (Å²) in [6, 6.07) is 16.9. The third-order valence-corrected chi connectivity index (χ3v) is 7.87. The largest absolute Gasteiger partial charge is 0.507 e. The fourth-order valence-corrected chi connectivity index (χ4v) is 5.55. The SMILES string of the molecule is COc1ccc(C2/C(=C(/O)c3ccc4c(c3)CCCC4)C(=O)C(=O)N2c2ccc(S(N)(=O)=O)cc2)cc1. The Balaban J connectivity index is 1.67. The van der Waals surface area contributed by atoms with Crippen LogP contribution in [0.3, 0.4) is 0 Å². The highest BCUT2D eigenvalue weighted by molar-refractivity contribution is 7.89. The Labute approximate surface area is 215 Å². The molecule has 190 valence electrons. The molecule has 5 rings (SSSR count). The van der Waals surface area contributed by atoms with Gasteiger partial charge in [-0.3, -0.25) is 14.5 Å². The minimum Gasteiger partial charge on any atom is -0.507 e. The lowest BCUT2D eigenvalue weighted by Crippen LogP contribution is -2.29. The summed E-state index contributed by atoms with van der Waals surface area (Å²) in [4.78, 5) is 27.9. The van der Waals surface area contributed by atoms with Gasteiger partial charge in [0, 0.05) is 11.3 Å². The summed E-state index contributed by atoms with van der Waals surface area (Å²) >= 11 is 0. The average Bonchev–Trinajstić information content (AvgIpc) is 3.17. The second kappa shape index (κ2) is 9.49. The lowest BCUT2D eigenvalue weighted by atomic mass is 9.88. The van der Waals surface area contributed by atoms with Gasteiger partial charge in [-0.15, -0.1) is 0 Å². The molecule has 3 N–H and O–H groups in total. The van der Waals surface area contributed by atoms with E-state index in [9.17, 15) is 23.1 Å². The first-order chi connectivity index (χ1) is 17.7. The van der Waals surface area contributed by atoms with Crippen LogP contribution in [0.4, 0.5) is 5.69 Å². The molecular weight excluding hydrogens is 492 g/mol. The first kappa shape index (κ1) is 24.7. The van der Waals surface area contributed by atoms with E-state index in [1.807, 2.05) is 12.1 Å². The molecule has 1 atom stereocenters. The predicted octanol–water partition coefficient (Wildman–Crippen LogP) is 3.85. The molecular formula is C28H26N2O6S. The molecule has 3 aromatic carbocycles. The molecule has 1 amide bonds. The summed E-state index contributed by atoms with van der Waals surface area (Å²) in [5.41, 5.74) is 3.66. The number of carbonyl (C=O) groups is 2. The lowest BCUT2D eigenvalue weighted by molar-refractivity contribution is -0.132. The Bertz CT molecular complexity index is 1530. The Morgan fingerprint density at radius 2 is 1.59 bits per heavy atom. The number of Topliss-reactive ketones (excluding diaryl/α,β-unsaturated/α-hetero) is 1. The Kier molecular flexibility index (Phi) is 6.35. The van der Waals surface area contributed by atoms with Gasteiger partial charge in [-0.2, -0.15) is 0 Å². The van der Waals surface area contributed by atoms with Crippen LogP contribution >= 0.6 is 0 Å². The zero-order chi connectivity index (χ0) is 26.3. The molecule has 0 saturated carbocycles. The quantitative estimate of drug-likeness (QED) is 0.300. The van der Waals surface area contributed by atoms with E-state index in [0.717, 1.165) is 31.2 Å². The van der Waals surface area contributed by atoms with Crippen molar-refractivity contribution in [1.29, 1.82) is 0 Å². The van der Waals surface area contributed by atoms with Gasteiger partial charge in [0.05, 0.1) is 23.6 Å². The van der Waals surface area contributed by atoms with Gasteiger partial charge < -0.3 is 9.84 Å². The van der Waals surface area contributed by atoms with E-state index in [-0.39, 0.29) is 16.2 Å². The number of anilines is 1. The monoisotopic (exact) mass is 518 g/mol. The normalized spacial score (nSPS) is 19.1. The van der Waals surface area contributed by atoms with Crippen molar-refractivity contribution in [1.82, 2.24) is 0 Å². The molecule has 1 aliphatic heterocycles. The molecule has 2 aliphatic rings. The number of fused-ring (bicyclic) bond motifs is 1. The van der Waals surface area contributed by atoms with E-state index >= 15 is 0 Å². The topological polar surface area (TPSA) is 127 Å². The molecule has 0 spiro atoms. The number of aliphatic hydroxyl groups excluding tert-OH is 1. The van der Waals surface area contributed by atoms with E-state index in [2.05, 4.69) is 0 Å². The highest BCUT2D eigenvalue weighted by Crippen LogP contribution is 2.43. The van der Waals surface area contributed by atoms with Crippen LogP contribution in [0.2, 0.25) is 0 Å². The molecule has 1 aliphatic carbocycles. The number of carbonyl (C=O) groups excluding carboxylic acids is 2. The van der Waals surface area contributed by atoms with E-state index in [1.54, 1.807) is 30.3 Å². The number of amides is 1. The van der Waals surface area contributed by atoms with Crippen LogP contribution in [0.5, 0.6) is 5.75 Å². The van der Waals surface area contributed by atoms with Gasteiger partial charge in [0.15, 0.2) is 0 Å². The van der Waals surface area contributed by atoms with Crippen molar-refractivity contribution in [2.75, 3.05) is 12.0 Å². The molecule has 1 fully saturated rings. The van der Waals surface area contributed by atoms with Crippen molar-refractivity contribution in [3.8, 4) is 5.75 Å². The maximum atomic E-state index is 13.4. The molecule has 0 bridgehead atoms. The number of ketones is 1. The van der Waals surface area contributed by atoms with Crippen molar-refractivity contribution in [3.05, 3.63) is 94.6 Å². The van der Waals surface area contributed by atoms with Crippen LogP contribution in [0.25, 0.3) is 5.76 Å². The van der Waals surface area contributed by atoms with Crippen LogP contribution in [0, 0.1) is 0 Å². The highest BCUT2D eigenvalue weighted by atomic mass is 32.2. The minimum atomic E-state index is -3.94. The number of benzene rings is 3. The van der Waals surface area contributed by atoms with E-state index < -0.39 is 27.8 Å². The zero-order valence-corrected chi connectivity index (χ0v) is 21.0. The summed E-state index contributed by atoms with van der Waals surface area (Å²) in [5, 5.41) is 16.6. The number of rotatable bonds is 5. The summed E-state index contributed by atoms with van der Waals surface area (Å²) in [5.74, 6) is -1.32. The number of aryl methyl sites for hydroxylation is 2. The molecule has 37 heavy (non-hydrogen) atoms. The number of ether oxygens (including phenoxy) is 1. The molecule has 1 heterocycles. The number of methoxy groups -OCH3 is 1. The van der Waals surface area contributed by atoms with Crippen molar-refractivity contribution >= 4 is 33.2 Å². The van der Waals surface area contributed by atoms with Crippen LogP contribution < -0.4 is 14.8 Å². The number of nitrogens with zero attached hydrogens (tertiary/aromatic N) is 1. The average molecular weight is 519 g/mol. The summed E-state index contributed by atoms with van der Waals surface area (Å²) < 4.78 is 28.7. The smallest absolute Gasteiger partial charge is 0.300 e. The molecule has 0 radical (unpaired) electrons. The van der Waals surface area contributed by atoms with Gasteiger partial charge in [-0.25, -0.2) is 13.6 Å². The number of aliphatic hydroxyl groups is 1. The lowest BCUT2D eigenvalue weighted by Gasteiger charge is -2.26. The standard InChI is InChI=1S/C28H26N2O6S/c1-36-22-12-8-18(9-13-22)25-24(26(31)20-7-6-17-4-2-3-5-19(17)16-20)27(32)28(33)30(25)21-10-14-23(15-11-21)37(29,34)35/h6-16,25,31H,2-5H2,1H3,(H2,29,34,35)/b26-24-. The van der Waals surface area contributed by atoms with Crippen LogP contribution in [0.1, 0.15) is 41.1 Å². The summed E-state index contributed by atoms with van der Waals surface area (Å²) in [7, 11) is -2.41. The number of nitrogens with two attached hydrogens (primary N) is 1. The highest BCUT2D eigenvalue weighted by Gasteiger charge is 2.47. The number of hydrogen-bond donors (Lipinski definition) is 2. The van der Waals surface area contributed by atoms with Gasteiger partial charge in [-0.05, 0) is 84.8 Å². The molecule has 0 aromatic heterocycles. The van der Waals surface area contributed by atoms with Gasteiger partial charge in [-0.1, -0.05) is 24.3 Å². The second-order valence-electron chi connectivity index (χ2n) is 9.17. The molecule has 9 heteroatoms. The van der Waals surface area contributed by atoms with E-state index in [1.165, 1.54) is 41.8 Å². The second-order valence-corrected chi connectivity index (χ2v) is 10.7. The van der Waals surface area contributed by atoms with Crippen LogP contribution in [-0.2, 0) is 32.5 Å². The van der Waals surface area contributed by atoms with E-state index in [0.29, 0.717) is 22.6 Å². The van der Waals surface area contributed by atoms with Crippen LogP contribution in [0.15, 0.2) is 77.2 Å². The maximum Gasteiger partial charge on any atom is 0.300 e. The zero-order valence-electron chi connectivity index (χ0n) is 20.2. The van der Waals surface area contributed by atoms with Crippen molar-refractivity contribution in [2.45, 2.75) is 36.6 Å². The predicted molar refractivity (Wildman–Crippen MR) is 139 cm³/mol. The van der Waals surface area contributed by atoms with E-state index in [4.69, 9.17) is 9.88 Å². The number of sulfonamides is 1. The first-order valence-corrected chi connectivity index (χ1v) is 13.4. The Morgan fingerprint density at radius 1 is 0.946 bits per heavy atom. The molecule has 1 unspecified atom stereocenters. The third-order valence-electron chi connectivity index (χ3n) is 6.94. The number of hydrogen-bond acceptors (Lipinski definition) is 6. The molecule has 1 saturated heterocycles. The fraction of sp³-hybridized carbons (Fsp3) is 0.214.